The molecule has 20 heavy (non-hydrogen) atoms. The van der Waals surface area contributed by atoms with Crippen molar-refractivity contribution in [2.75, 3.05) is 7.11 Å². The van der Waals surface area contributed by atoms with Crippen molar-refractivity contribution in [1.29, 1.82) is 0 Å². The van der Waals surface area contributed by atoms with Gasteiger partial charge in [0.25, 0.3) is 0 Å². The first kappa shape index (κ1) is 12.7. The van der Waals surface area contributed by atoms with E-state index >= 15 is 0 Å². The number of methoxy groups -OCH3 is 1. The minimum atomic E-state index is -0.709. The number of benzene rings is 2. The largest absolute Gasteiger partial charge is 0.496 e. The molecule has 4 heteroatoms. The van der Waals surface area contributed by atoms with Crippen LogP contribution in [0.15, 0.2) is 52.9 Å². The molecular weight excluding hydrogens is 254 g/mol. The summed E-state index contributed by atoms with van der Waals surface area (Å²) in [5, 5.41) is 10.3. The fraction of sp³-hybridized carbons (Fsp3) is 0.188. The molecule has 0 saturated carbocycles. The van der Waals surface area contributed by atoms with Gasteiger partial charge in [-0.15, -0.1) is 0 Å². The fourth-order valence-corrected chi connectivity index (χ4v) is 2.22. The lowest BCUT2D eigenvalue weighted by atomic mass is 10.1. The van der Waals surface area contributed by atoms with Crippen LogP contribution < -0.4 is 4.74 Å². The third-order valence-corrected chi connectivity index (χ3v) is 3.20. The van der Waals surface area contributed by atoms with Gasteiger partial charge >= 0.3 is 0 Å². The maximum atomic E-state index is 10.3. The van der Waals surface area contributed by atoms with Crippen LogP contribution in [0.2, 0.25) is 0 Å². The van der Waals surface area contributed by atoms with Crippen LogP contribution in [-0.2, 0) is 6.42 Å². The van der Waals surface area contributed by atoms with Crippen molar-refractivity contribution in [3.8, 4) is 5.75 Å². The Bertz CT molecular complexity index is 687. The second-order valence-corrected chi connectivity index (χ2v) is 4.54. The van der Waals surface area contributed by atoms with Gasteiger partial charge in [-0.2, -0.15) is 0 Å². The number of aliphatic hydroxyl groups is 1. The monoisotopic (exact) mass is 269 g/mol. The van der Waals surface area contributed by atoms with E-state index in [1.54, 1.807) is 7.11 Å². The summed E-state index contributed by atoms with van der Waals surface area (Å²) in [5.74, 6) is 1.18. The van der Waals surface area contributed by atoms with Gasteiger partial charge in [-0.3, -0.25) is 0 Å². The van der Waals surface area contributed by atoms with E-state index < -0.39 is 6.10 Å². The third kappa shape index (κ3) is 2.38. The number of ether oxygens (including phenoxy) is 1. The summed E-state index contributed by atoms with van der Waals surface area (Å²) in [6.45, 7) is 0. The normalized spacial score (nSPS) is 12.5. The van der Waals surface area contributed by atoms with Crippen LogP contribution in [0.3, 0.4) is 0 Å². The summed E-state index contributed by atoms with van der Waals surface area (Å²) >= 11 is 0. The number of oxazole rings is 1. The lowest BCUT2D eigenvalue weighted by Gasteiger charge is -2.12. The topological polar surface area (TPSA) is 55.5 Å². The summed E-state index contributed by atoms with van der Waals surface area (Å²) in [4.78, 5) is 4.37. The van der Waals surface area contributed by atoms with Crippen LogP contribution in [0.5, 0.6) is 5.75 Å². The molecule has 102 valence electrons. The molecule has 0 aliphatic carbocycles. The van der Waals surface area contributed by atoms with E-state index in [9.17, 15) is 5.11 Å². The van der Waals surface area contributed by atoms with E-state index in [1.165, 1.54) is 0 Å². The van der Waals surface area contributed by atoms with Gasteiger partial charge in [0.15, 0.2) is 11.5 Å². The molecule has 0 fully saturated rings. The quantitative estimate of drug-likeness (QED) is 0.790. The van der Waals surface area contributed by atoms with Gasteiger partial charge < -0.3 is 14.3 Å². The first-order valence-corrected chi connectivity index (χ1v) is 6.43. The van der Waals surface area contributed by atoms with Crippen molar-refractivity contribution < 1.29 is 14.3 Å². The van der Waals surface area contributed by atoms with E-state index in [4.69, 9.17) is 9.15 Å². The predicted octanol–water partition coefficient (Wildman–Crippen LogP) is 3.11. The van der Waals surface area contributed by atoms with E-state index in [-0.39, 0.29) is 0 Å². The van der Waals surface area contributed by atoms with Crippen molar-refractivity contribution in [2.45, 2.75) is 12.5 Å². The first-order chi connectivity index (χ1) is 9.78. The van der Waals surface area contributed by atoms with Crippen LogP contribution in [0.4, 0.5) is 0 Å². The number of hydrogen-bond acceptors (Lipinski definition) is 4. The highest BCUT2D eigenvalue weighted by atomic mass is 16.5. The molecule has 1 heterocycles. The summed E-state index contributed by atoms with van der Waals surface area (Å²) in [6.07, 6.45) is -0.395. The molecule has 0 amide bonds. The van der Waals surface area contributed by atoms with Crippen LogP contribution in [0.1, 0.15) is 17.6 Å². The number of aromatic nitrogens is 1. The highest BCUT2D eigenvalue weighted by molar-refractivity contribution is 5.72. The van der Waals surface area contributed by atoms with Gasteiger partial charge in [0.05, 0.1) is 19.6 Å². The van der Waals surface area contributed by atoms with Gasteiger partial charge in [-0.25, -0.2) is 4.98 Å². The smallest absolute Gasteiger partial charge is 0.198 e. The average Bonchev–Trinajstić information content (AvgIpc) is 2.89. The van der Waals surface area contributed by atoms with Crippen molar-refractivity contribution >= 4 is 11.1 Å². The van der Waals surface area contributed by atoms with Gasteiger partial charge in [0.1, 0.15) is 11.3 Å². The molecule has 1 aromatic heterocycles. The second-order valence-electron chi connectivity index (χ2n) is 4.54. The lowest BCUT2D eigenvalue weighted by Crippen LogP contribution is -2.04. The van der Waals surface area contributed by atoms with Gasteiger partial charge in [0.2, 0.25) is 0 Å². The number of rotatable bonds is 4. The Balaban J connectivity index is 1.86. The molecule has 0 bridgehead atoms. The highest BCUT2D eigenvalue weighted by Gasteiger charge is 2.16. The molecule has 0 spiro atoms. The maximum Gasteiger partial charge on any atom is 0.198 e. The Hall–Kier alpha value is -2.33. The Morgan fingerprint density at radius 3 is 2.70 bits per heavy atom. The first-order valence-electron chi connectivity index (χ1n) is 6.43. The molecule has 1 unspecified atom stereocenters. The van der Waals surface area contributed by atoms with E-state index in [2.05, 4.69) is 4.98 Å². The summed E-state index contributed by atoms with van der Waals surface area (Å²) < 4.78 is 10.9. The molecule has 2 aromatic carbocycles. The minimum Gasteiger partial charge on any atom is -0.496 e. The predicted molar refractivity (Wildman–Crippen MR) is 75.7 cm³/mol. The highest BCUT2D eigenvalue weighted by Crippen LogP contribution is 2.27. The second kappa shape index (κ2) is 5.35. The number of hydrogen-bond donors (Lipinski definition) is 1. The Morgan fingerprint density at radius 1 is 1.15 bits per heavy atom. The standard InChI is InChI=1S/C16H15NO3/c1-19-14-8-4-2-6-11(14)13(18)10-16-17-12-7-3-5-9-15(12)20-16/h2-9,13,18H,10H2,1H3. The summed E-state index contributed by atoms with van der Waals surface area (Å²) in [6, 6.07) is 15.0. The Kier molecular flexibility index (Phi) is 3.39. The molecule has 0 aliphatic heterocycles. The van der Waals surface area contributed by atoms with Crippen LogP contribution in [-0.4, -0.2) is 17.2 Å². The zero-order valence-electron chi connectivity index (χ0n) is 11.1. The SMILES string of the molecule is COc1ccccc1C(O)Cc1nc2ccccc2o1. The lowest BCUT2D eigenvalue weighted by molar-refractivity contribution is 0.165. The van der Waals surface area contributed by atoms with Gasteiger partial charge in [-0.05, 0) is 18.2 Å². The number of aliphatic hydroxyl groups excluding tert-OH is 1. The zero-order chi connectivity index (χ0) is 13.9. The molecule has 3 aromatic rings. The Labute approximate surface area is 116 Å². The summed E-state index contributed by atoms with van der Waals surface area (Å²) in [5.41, 5.74) is 2.27. The number of nitrogens with zero attached hydrogens (tertiary/aromatic N) is 1. The molecule has 0 aliphatic rings. The van der Waals surface area contributed by atoms with E-state index in [0.717, 1.165) is 16.7 Å². The number of fused-ring (bicyclic) bond motifs is 1. The van der Waals surface area contributed by atoms with Crippen molar-refractivity contribution in [3.05, 3.63) is 60.0 Å². The van der Waals surface area contributed by atoms with Crippen molar-refractivity contribution in [2.24, 2.45) is 0 Å². The van der Waals surface area contributed by atoms with Crippen molar-refractivity contribution in [3.63, 3.8) is 0 Å². The van der Waals surface area contributed by atoms with Gasteiger partial charge in [-0.1, -0.05) is 30.3 Å². The maximum absolute atomic E-state index is 10.3. The molecule has 3 rings (SSSR count). The van der Waals surface area contributed by atoms with Crippen LogP contribution >= 0.6 is 0 Å². The molecule has 0 saturated heterocycles. The van der Waals surface area contributed by atoms with Crippen LogP contribution in [0, 0.1) is 0 Å². The molecule has 0 radical (unpaired) electrons. The van der Waals surface area contributed by atoms with Crippen molar-refractivity contribution in [1.82, 2.24) is 4.98 Å². The molecule has 1 N–H and O–H groups in total. The van der Waals surface area contributed by atoms with Gasteiger partial charge in [0, 0.05) is 5.56 Å². The number of para-hydroxylation sites is 3. The van der Waals surface area contributed by atoms with Crippen LogP contribution in [0.25, 0.3) is 11.1 Å². The Morgan fingerprint density at radius 2 is 1.90 bits per heavy atom. The fourth-order valence-electron chi connectivity index (χ4n) is 2.22. The third-order valence-electron chi connectivity index (χ3n) is 3.20. The zero-order valence-corrected chi connectivity index (χ0v) is 11.1. The van der Waals surface area contributed by atoms with E-state index in [1.807, 2.05) is 48.5 Å². The van der Waals surface area contributed by atoms with E-state index in [0.29, 0.717) is 18.1 Å². The molecule has 4 nitrogen and oxygen atoms in total. The molecule has 1 atom stereocenters. The minimum absolute atomic E-state index is 0.315. The average molecular weight is 269 g/mol. The molecular formula is C16H15NO3. The summed E-state index contributed by atoms with van der Waals surface area (Å²) in [7, 11) is 1.59.